The molecular formula is C6H11BO2. The summed E-state index contributed by atoms with van der Waals surface area (Å²) >= 11 is 0. The molecule has 0 spiro atoms. The Hall–Kier alpha value is -0.535. The number of hydrogen-bond donors (Lipinski definition) is 2. The molecule has 0 unspecified atom stereocenters. The van der Waals surface area contributed by atoms with E-state index >= 15 is 0 Å². The van der Waals surface area contributed by atoms with Crippen LogP contribution in [-0.2, 0) is 0 Å². The van der Waals surface area contributed by atoms with E-state index in [2.05, 4.69) is 6.58 Å². The third-order valence-electron chi connectivity index (χ3n) is 0.881. The molecule has 0 fully saturated rings. The van der Waals surface area contributed by atoms with Crippen molar-refractivity contribution in [2.75, 3.05) is 0 Å². The van der Waals surface area contributed by atoms with Gasteiger partial charge in [0.25, 0.3) is 0 Å². The lowest BCUT2D eigenvalue weighted by molar-refractivity contribution is 0.419. The zero-order valence-corrected chi connectivity index (χ0v) is 5.76. The normalized spacial score (nSPS) is 11.3. The molecule has 2 N–H and O–H groups in total. The molecule has 2 nitrogen and oxygen atoms in total. The van der Waals surface area contributed by atoms with Crippen molar-refractivity contribution in [3.63, 3.8) is 0 Å². The topological polar surface area (TPSA) is 40.5 Å². The molecule has 0 aromatic heterocycles. The summed E-state index contributed by atoms with van der Waals surface area (Å²) in [6, 6.07) is 0. The molecular weight excluding hydrogens is 115 g/mol. The molecule has 3 heteroatoms. The second-order valence-corrected chi connectivity index (χ2v) is 2.11. The van der Waals surface area contributed by atoms with Gasteiger partial charge < -0.3 is 10.0 Å². The van der Waals surface area contributed by atoms with Crippen LogP contribution in [-0.4, -0.2) is 17.2 Å². The zero-order valence-electron chi connectivity index (χ0n) is 5.76. The Kier molecular flexibility index (Phi) is 3.28. The minimum Gasteiger partial charge on any atom is -0.423 e. The van der Waals surface area contributed by atoms with E-state index in [4.69, 9.17) is 10.0 Å². The van der Waals surface area contributed by atoms with Crippen molar-refractivity contribution in [1.29, 1.82) is 0 Å². The van der Waals surface area contributed by atoms with Crippen LogP contribution in [0.2, 0.25) is 0 Å². The average Bonchev–Trinajstić information content (AvgIpc) is 1.63. The fourth-order valence-corrected chi connectivity index (χ4v) is 0.463. The molecule has 0 saturated heterocycles. The first-order valence-corrected chi connectivity index (χ1v) is 2.74. The van der Waals surface area contributed by atoms with E-state index in [0.29, 0.717) is 5.47 Å². The molecule has 0 aromatic rings. The number of allylic oxidation sites excluding steroid dienone is 3. The summed E-state index contributed by atoms with van der Waals surface area (Å²) in [5, 5.41) is 17.0. The molecule has 0 aliphatic rings. The van der Waals surface area contributed by atoms with Gasteiger partial charge in [0.2, 0.25) is 0 Å². The van der Waals surface area contributed by atoms with Crippen molar-refractivity contribution in [3.8, 4) is 0 Å². The highest BCUT2D eigenvalue weighted by atomic mass is 16.4. The fourth-order valence-electron chi connectivity index (χ4n) is 0.463. The van der Waals surface area contributed by atoms with Crippen LogP contribution < -0.4 is 0 Å². The first-order valence-electron chi connectivity index (χ1n) is 2.74. The lowest BCUT2D eigenvalue weighted by Crippen LogP contribution is -2.12. The second kappa shape index (κ2) is 3.48. The van der Waals surface area contributed by atoms with E-state index in [1.807, 2.05) is 0 Å². The molecule has 0 saturated carbocycles. The van der Waals surface area contributed by atoms with Crippen LogP contribution in [0.1, 0.15) is 13.8 Å². The van der Waals surface area contributed by atoms with Crippen molar-refractivity contribution >= 4 is 7.12 Å². The molecule has 0 rings (SSSR count). The van der Waals surface area contributed by atoms with E-state index in [1.165, 1.54) is 0 Å². The van der Waals surface area contributed by atoms with Crippen LogP contribution in [0.3, 0.4) is 0 Å². The van der Waals surface area contributed by atoms with Crippen molar-refractivity contribution in [2.45, 2.75) is 13.8 Å². The van der Waals surface area contributed by atoms with Gasteiger partial charge in [0.15, 0.2) is 0 Å². The van der Waals surface area contributed by atoms with E-state index in [-0.39, 0.29) is 0 Å². The molecule has 0 aromatic carbocycles. The predicted molar refractivity (Wildman–Crippen MR) is 38.8 cm³/mol. The minimum absolute atomic E-state index is 0.516. The van der Waals surface area contributed by atoms with Crippen LogP contribution in [0.5, 0.6) is 0 Å². The Morgan fingerprint density at radius 3 is 2.00 bits per heavy atom. The van der Waals surface area contributed by atoms with E-state index in [9.17, 15) is 0 Å². The molecule has 0 aliphatic heterocycles. The standard InChI is InChI=1S/C6H11BO2/c1-5(2)4-6(3)7(8)9/h4,8-9H,1H2,2-3H3/b6-4+. The summed E-state index contributed by atoms with van der Waals surface area (Å²) in [6.45, 7) is 7.01. The molecule has 9 heavy (non-hydrogen) atoms. The molecule has 0 bridgehead atoms. The first kappa shape index (κ1) is 8.46. The van der Waals surface area contributed by atoms with E-state index in [0.717, 1.165) is 5.57 Å². The van der Waals surface area contributed by atoms with Gasteiger partial charge in [-0.15, -0.1) is 0 Å². The van der Waals surface area contributed by atoms with Crippen LogP contribution in [0.25, 0.3) is 0 Å². The van der Waals surface area contributed by atoms with Gasteiger partial charge in [0.1, 0.15) is 0 Å². The van der Waals surface area contributed by atoms with Gasteiger partial charge in [-0.05, 0) is 19.3 Å². The third kappa shape index (κ3) is 4.00. The lowest BCUT2D eigenvalue weighted by atomic mass is 9.80. The van der Waals surface area contributed by atoms with Gasteiger partial charge in [0.05, 0.1) is 0 Å². The molecule has 0 amide bonds. The van der Waals surface area contributed by atoms with Gasteiger partial charge >= 0.3 is 7.12 Å². The Balaban J connectivity index is 4.00. The molecule has 0 aliphatic carbocycles. The number of hydrogen-bond acceptors (Lipinski definition) is 2. The number of rotatable bonds is 2. The molecule has 0 radical (unpaired) electrons. The monoisotopic (exact) mass is 126 g/mol. The predicted octanol–water partition coefficient (Wildman–Crippen LogP) is 0.521. The van der Waals surface area contributed by atoms with Gasteiger partial charge in [-0.2, -0.15) is 0 Å². The molecule has 50 valence electrons. The maximum absolute atomic E-state index is 8.52. The molecule has 0 atom stereocenters. The van der Waals surface area contributed by atoms with Crippen LogP contribution in [0.4, 0.5) is 0 Å². The van der Waals surface area contributed by atoms with E-state index < -0.39 is 7.12 Å². The van der Waals surface area contributed by atoms with Gasteiger partial charge in [0, 0.05) is 0 Å². The lowest BCUT2D eigenvalue weighted by Gasteiger charge is -1.95. The third-order valence-corrected chi connectivity index (χ3v) is 0.881. The molecule has 0 heterocycles. The Bertz CT molecular complexity index is 138. The summed E-state index contributed by atoms with van der Waals surface area (Å²) in [4.78, 5) is 0. The van der Waals surface area contributed by atoms with Crippen LogP contribution in [0, 0.1) is 0 Å². The second-order valence-electron chi connectivity index (χ2n) is 2.11. The summed E-state index contributed by atoms with van der Waals surface area (Å²) in [5.41, 5.74) is 1.34. The summed E-state index contributed by atoms with van der Waals surface area (Å²) < 4.78 is 0. The zero-order chi connectivity index (χ0) is 7.44. The van der Waals surface area contributed by atoms with Gasteiger partial charge in [-0.25, -0.2) is 0 Å². The highest BCUT2D eigenvalue weighted by Crippen LogP contribution is 1.98. The summed E-state index contributed by atoms with van der Waals surface area (Å²) in [6.07, 6.45) is 1.63. The van der Waals surface area contributed by atoms with Crippen molar-refractivity contribution in [2.24, 2.45) is 0 Å². The Morgan fingerprint density at radius 2 is 1.89 bits per heavy atom. The van der Waals surface area contributed by atoms with Crippen molar-refractivity contribution in [1.82, 2.24) is 0 Å². The van der Waals surface area contributed by atoms with Crippen molar-refractivity contribution < 1.29 is 10.0 Å². The Morgan fingerprint density at radius 1 is 1.44 bits per heavy atom. The van der Waals surface area contributed by atoms with Crippen LogP contribution >= 0.6 is 0 Å². The fraction of sp³-hybridized carbons (Fsp3) is 0.333. The highest BCUT2D eigenvalue weighted by Gasteiger charge is 2.07. The van der Waals surface area contributed by atoms with Gasteiger partial charge in [-0.3, -0.25) is 0 Å². The summed E-state index contributed by atoms with van der Waals surface area (Å²) in [5.74, 6) is 0. The minimum atomic E-state index is -1.35. The van der Waals surface area contributed by atoms with Crippen molar-refractivity contribution in [3.05, 3.63) is 23.7 Å². The quantitative estimate of drug-likeness (QED) is 0.418. The average molecular weight is 126 g/mol. The summed E-state index contributed by atoms with van der Waals surface area (Å²) in [7, 11) is -1.35. The van der Waals surface area contributed by atoms with Gasteiger partial charge in [-0.1, -0.05) is 18.2 Å². The smallest absolute Gasteiger partial charge is 0.423 e. The van der Waals surface area contributed by atoms with Crippen LogP contribution in [0.15, 0.2) is 23.7 Å². The van der Waals surface area contributed by atoms with E-state index in [1.54, 1.807) is 19.9 Å². The first-order chi connectivity index (χ1) is 4.04. The highest BCUT2D eigenvalue weighted by molar-refractivity contribution is 6.50. The maximum atomic E-state index is 8.52. The SMILES string of the molecule is C=C(C)/C=C(\C)B(O)O. The largest absolute Gasteiger partial charge is 0.483 e. The Labute approximate surface area is 55.7 Å². The maximum Gasteiger partial charge on any atom is 0.483 e.